The van der Waals surface area contributed by atoms with Gasteiger partial charge in [-0.25, -0.2) is 0 Å². The maximum atomic E-state index is 11.4. The molecular weight excluding hydrogens is 432 g/mol. The van der Waals surface area contributed by atoms with Crippen LogP contribution < -0.4 is 5.56 Å². The predicted molar refractivity (Wildman–Crippen MR) is 82.4 cm³/mol. The van der Waals surface area contributed by atoms with Gasteiger partial charge in [0.15, 0.2) is 0 Å². The van der Waals surface area contributed by atoms with E-state index >= 15 is 0 Å². The van der Waals surface area contributed by atoms with Crippen molar-refractivity contribution in [2.75, 3.05) is 0 Å². The molecule has 3 nitrogen and oxygen atoms in total. The predicted octanol–water partition coefficient (Wildman–Crippen LogP) is 3.24. The first-order chi connectivity index (χ1) is 9.79. The molecule has 108 valence electrons. The first kappa shape index (κ1) is 19.3. The molecule has 2 aromatic carbocycles. The number of rotatable bonds is 0. The quantitative estimate of drug-likeness (QED) is 0.494. The Labute approximate surface area is 139 Å². The van der Waals surface area contributed by atoms with Crippen molar-refractivity contribution in [2.45, 2.75) is 13.8 Å². The molecule has 0 saturated carbocycles. The summed E-state index contributed by atoms with van der Waals surface area (Å²) in [6.45, 7) is 4.00. The first-order valence-corrected chi connectivity index (χ1v) is 6.51. The second-order valence-electron chi connectivity index (χ2n) is 3.68. The Morgan fingerprint density at radius 2 is 1.71 bits per heavy atom. The van der Waals surface area contributed by atoms with Crippen LogP contribution in [0, 0.1) is 12.1 Å². The van der Waals surface area contributed by atoms with Crippen molar-refractivity contribution in [3.05, 3.63) is 77.3 Å². The topological polar surface area (TPSA) is 34.9 Å². The van der Waals surface area contributed by atoms with Crippen LogP contribution in [-0.4, -0.2) is 9.55 Å². The summed E-state index contributed by atoms with van der Waals surface area (Å²) in [4.78, 5) is 15.5. The molecule has 0 fully saturated rings. The van der Waals surface area contributed by atoms with E-state index in [1.54, 1.807) is 25.2 Å². The Hall–Kier alpha value is -1.73. The molecular formula is C17H18N2OW. The van der Waals surface area contributed by atoms with Gasteiger partial charge in [0.1, 0.15) is 0 Å². The second kappa shape index (κ2) is 11.0. The van der Waals surface area contributed by atoms with E-state index in [2.05, 4.69) is 17.1 Å². The third kappa shape index (κ3) is 6.05. The summed E-state index contributed by atoms with van der Waals surface area (Å²) in [7, 11) is 1.68. The molecule has 1 heterocycles. The van der Waals surface area contributed by atoms with Crippen molar-refractivity contribution >= 4 is 10.9 Å². The van der Waals surface area contributed by atoms with Crippen LogP contribution in [0.25, 0.3) is 10.9 Å². The maximum absolute atomic E-state index is 11.4. The zero-order chi connectivity index (χ0) is 14.8. The molecule has 0 atom stereocenters. The van der Waals surface area contributed by atoms with Crippen molar-refractivity contribution in [1.29, 1.82) is 0 Å². The van der Waals surface area contributed by atoms with Crippen LogP contribution >= 0.6 is 0 Å². The van der Waals surface area contributed by atoms with Gasteiger partial charge in [0.2, 0.25) is 5.56 Å². The van der Waals surface area contributed by atoms with E-state index in [-0.39, 0.29) is 26.6 Å². The Morgan fingerprint density at radius 3 is 2.24 bits per heavy atom. The maximum Gasteiger partial charge on any atom is 2.00 e. The summed E-state index contributed by atoms with van der Waals surface area (Å²) < 4.78 is 1.45. The van der Waals surface area contributed by atoms with Crippen molar-refractivity contribution in [1.82, 2.24) is 9.55 Å². The fraction of sp³-hybridized carbons (Fsp3) is 0.176. The fourth-order valence-corrected chi connectivity index (χ4v) is 1.44. The smallest absolute Gasteiger partial charge is 0.313 e. The molecule has 0 aliphatic carbocycles. The Kier molecular flexibility index (Phi) is 10.1. The van der Waals surface area contributed by atoms with Crippen molar-refractivity contribution in [3.63, 3.8) is 0 Å². The average molecular weight is 450 g/mol. The van der Waals surface area contributed by atoms with Crippen molar-refractivity contribution < 1.29 is 21.1 Å². The van der Waals surface area contributed by atoms with Gasteiger partial charge in [0, 0.05) is 7.05 Å². The molecule has 0 saturated heterocycles. The van der Waals surface area contributed by atoms with Gasteiger partial charge in [-0.3, -0.25) is 9.78 Å². The number of nitrogens with zero attached hydrogens (tertiary/aromatic N) is 2. The van der Waals surface area contributed by atoms with Crippen LogP contribution in [0.15, 0.2) is 59.7 Å². The number of hydrogen-bond acceptors (Lipinski definition) is 2. The van der Waals surface area contributed by atoms with Gasteiger partial charge >= 0.3 is 21.1 Å². The molecule has 0 radical (unpaired) electrons. The van der Waals surface area contributed by atoms with Gasteiger partial charge in [-0.1, -0.05) is 13.8 Å². The molecule has 4 heteroatoms. The van der Waals surface area contributed by atoms with E-state index < -0.39 is 0 Å². The van der Waals surface area contributed by atoms with Crippen LogP contribution in [0.2, 0.25) is 0 Å². The van der Waals surface area contributed by atoms with E-state index in [0.717, 1.165) is 5.52 Å². The number of benzene rings is 2. The summed E-state index contributed by atoms with van der Waals surface area (Å²) in [5.74, 6) is 0. The van der Waals surface area contributed by atoms with E-state index in [4.69, 9.17) is 0 Å². The normalized spacial score (nSPS) is 8.52. The van der Waals surface area contributed by atoms with E-state index in [9.17, 15) is 4.79 Å². The van der Waals surface area contributed by atoms with Gasteiger partial charge in [-0.05, 0) is 10.9 Å². The van der Waals surface area contributed by atoms with Gasteiger partial charge in [0.05, 0.1) is 6.33 Å². The number of fused-ring (bicyclic) bond motifs is 1. The molecule has 0 unspecified atom stereocenters. The molecule has 21 heavy (non-hydrogen) atoms. The first-order valence-electron chi connectivity index (χ1n) is 6.51. The number of hydrogen-bond donors (Lipinski definition) is 0. The Bertz CT molecular complexity index is 654. The molecule has 1 aromatic heterocycles. The molecule has 0 spiro atoms. The zero-order valence-corrected chi connectivity index (χ0v) is 15.3. The van der Waals surface area contributed by atoms with E-state index in [0.29, 0.717) is 5.39 Å². The second-order valence-corrected chi connectivity index (χ2v) is 3.68. The third-order valence-electron chi connectivity index (χ3n) is 2.37. The molecule has 0 aliphatic rings. The van der Waals surface area contributed by atoms with Crippen molar-refractivity contribution in [2.24, 2.45) is 7.05 Å². The minimum atomic E-state index is -0.0307. The molecule has 3 aromatic rings. The number of aryl methyl sites for hydroxylation is 1. The molecule has 3 rings (SSSR count). The van der Waals surface area contributed by atoms with Crippen LogP contribution in [0.1, 0.15) is 13.8 Å². The Morgan fingerprint density at radius 1 is 1.05 bits per heavy atom. The number of aromatic nitrogens is 2. The third-order valence-corrected chi connectivity index (χ3v) is 2.37. The summed E-state index contributed by atoms with van der Waals surface area (Å²) in [5, 5.41) is 0.613. The summed E-state index contributed by atoms with van der Waals surface area (Å²) in [6, 6.07) is 20.5. The largest absolute Gasteiger partial charge is 2.00 e. The Balaban J connectivity index is 0.000000379. The molecule has 0 bridgehead atoms. The standard InChI is InChI=1S/C9H7N2O.C6H5.C2H6.W/c1-11-6-10-8-5-3-2-4-7(8)9(11)12;1-2-4-6-5-3-1;1-2;/h3-6H,1H3;1-5H;1-2H3;/q2*-1;;+2. The average Bonchev–Trinajstić information content (AvgIpc) is 2.55. The fourth-order valence-electron chi connectivity index (χ4n) is 1.44. The van der Waals surface area contributed by atoms with E-state index in [1.165, 1.54) is 10.9 Å². The zero-order valence-electron chi connectivity index (χ0n) is 12.4. The van der Waals surface area contributed by atoms with Gasteiger partial charge in [-0.2, -0.15) is 54.6 Å². The van der Waals surface area contributed by atoms with Crippen LogP contribution in [0.3, 0.4) is 0 Å². The summed E-state index contributed by atoms with van der Waals surface area (Å²) >= 11 is 0. The monoisotopic (exact) mass is 450 g/mol. The molecule has 0 amide bonds. The van der Waals surface area contributed by atoms with Gasteiger partial charge in [-0.15, -0.1) is 6.07 Å². The van der Waals surface area contributed by atoms with Gasteiger partial charge < -0.3 is 4.57 Å². The summed E-state index contributed by atoms with van der Waals surface area (Å²) in [6.07, 6.45) is 1.52. The van der Waals surface area contributed by atoms with Crippen LogP contribution in [-0.2, 0) is 28.1 Å². The molecule has 0 N–H and O–H groups in total. The van der Waals surface area contributed by atoms with Crippen LogP contribution in [0.5, 0.6) is 0 Å². The minimum Gasteiger partial charge on any atom is -0.313 e. The van der Waals surface area contributed by atoms with Crippen molar-refractivity contribution in [3.8, 4) is 0 Å². The van der Waals surface area contributed by atoms with E-state index in [1.807, 2.05) is 44.2 Å². The van der Waals surface area contributed by atoms with Gasteiger partial charge in [0.25, 0.3) is 0 Å². The summed E-state index contributed by atoms with van der Waals surface area (Å²) in [5.41, 5.74) is 0.689. The molecule has 0 aliphatic heterocycles. The minimum absolute atomic E-state index is 0. The SMILES string of the molecule is CC.Cn1cnc2cc[c-]cc2c1=O.[W+2].[c-]1ccccc1. The van der Waals surface area contributed by atoms with Crippen LogP contribution in [0.4, 0.5) is 0 Å².